The summed E-state index contributed by atoms with van der Waals surface area (Å²) in [4.78, 5) is 10.7. The molecule has 0 aromatic heterocycles. The van der Waals surface area contributed by atoms with Crippen LogP contribution in [0.3, 0.4) is 0 Å². The quantitative estimate of drug-likeness (QED) is 0.370. The minimum absolute atomic E-state index is 0. The number of carbonyl (C=O) groups excluding carboxylic acids is 1. The topological polar surface area (TPSA) is 72.5 Å². The molecule has 5 nitrogen and oxygen atoms in total. The molecule has 0 aliphatic carbocycles. The Bertz CT molecular complexity index is 267. The number of thiol groups is 1. The first kappa shape index (κ1) is 17.2. The van der Waals surface area contributed by atoms with Gasteiger partial charge in [0.1, 0.15) is 0 Å². The van der Waals surface area contributed by atoms with Gasteiger partial charge < -0.3 is 5.32 Å². The number of amides is 1. The SMILES string of the molecule is C=CC(=O)NCC(C)(C)O[SH](=O)=O.[KH]. The monoisotopic (exact) mass is 247 g/mol. The van der Waals surface area contributed by atoms with Crippen LogP contribution in [0.1, 0.15) is 13.8 Å². The second-order valence-electron chi connectivity index (χ2n) is 3.00. The van der Waals surface area contributed by atoms with Gasteiger partial charge in [-0.15, -0.1) is 0 Å². The van der Waals surface area contributed by atoms with Crippen molar-refractivity contribution in [2.75, 3.05) is 6.54 Å². The molecular formula is C7H14KNO4S. The summed E-state index contributed by atoms with van der Waals surface area (Å²) in [7, 11) is -2.90. The fourth-order valence-electron chi connectivity index (χ4n) is 0.606. The third kappa shape index (κ3) is 9.32. The third-order valence-electron chi connectivity index (χ3n) is 1.20. The minimum atomic E-state index is -2.90. The number of carbonyl (C=O) groups is 1. The summed E-state index contributed by atoms with van der Waals surface area (Å²) in [6.45, 7) is 6.48. The summed E-state index contributed by atoms with van der Waals surface area (Å²) in [6.07, 6.45) is 1.10. The van der Waals surface area contributed by atoms with Crippen LogP contribution >= 0.6 is 0 Å². The number of hydrogen-bond donors (Lipinski definition) is 2. The van der Waals surface area contributed by atoms with Crippen molar-refractivity contribution in [2.45, 2.75) is 19.4 Å². The fraction of sp³-hybridized carbons (Fsp3) is 0.571. The second kappa shape index (κ2) is 7.97. The summed E-state index contributed by atoms with van der Waals surface area (Å²) >= 11 is 0. The zero-order valence-corrected chi connectivity index (χ0v) is 8.47. The number of hydrogen-bond acceptors (Lipinski definition) is 4. The normalized spacial score (nSPS) is 10.5. The molecule has 0 bridgehead atoms. The van der Waals surface area contributed by atoms with E-state index in [0.29, 0.717) is 0 Å². The first-order chi connectivity index (χ1) is 5.87. The van der Waals surface area contributed by atoms with Gasteiger partial charge in [0.25, 0.3) is 11.0 Å². The van der Waals surface area contributed by atoms with Crippen LogP contribution in [0.2, 0.25) is 0 Å². The van der Waals surface area contributed by atoms with Crippen molar-refractivity contribution in [1.82, 2.24) is 5.32 Å². The van der Waals surface area contributed by atoms with E-state index >= 15 is 0 Å². The van der Waals surface area contributed by atoms with Gasteiger partial charge in [0.2, 0.25) is 5.91 Å². The molecule has 0 aliphatic heterocycles. The van der Waals surface area contributed by atoms with E-state index in [0.717, 1.165) is 6.08 Å². The molecule has 0 fully saturated rings. The third-order valence-corrected chi connectivity index (χ3v) is 1.84. The van der Waals surface area contributed by atoms with Crippen molar-refractivity contribution in [3.05, 3.63) is 12.7 Å². The van der Waals surface area contributed by atoms with E-state index in [4.69, 9.17) is 0 Å². The van der Waals surface area contributed by atoms with E-state index in [1.807, 2.05) is 0 Å². The zero-order chi connectivity index (χ0) is 10.5. The maximum absolute atomic E-state index is 10.7. The van der Waals surface area contributed by atoms with Crippen LogP contribution in [0.25, 0.3) is 0 Å². The first-order valence-electron chi connectivity index (χ1n) is 3.61. The van der Waals surface area contributed by atoms with Gasteiger partial charge in [-0.05, 0) is 19.9 Å². The average molecular weight is 247 g/mol. The van der Waals surface area contributed by atoms with Crippen molar-refractivity contribution < 1.29 is 17.4 Å². The van der Waals surface area contributed by atoms with Crippen molar-refractivity contribution in [3.63, 3.8) is 0 Å². The van der Waals surface area contributed by atoms with Crippen molar-refractivity contribution in [3.8, 4) is 0 Å². The van der Waals surface area contributed by atoms with Gasteiger partial charge in [0.15, 0.2) is 0 Å². The van der Waals surface area contributed by atoms with E-state index in [2.05, 4.69) is 16.1 Å². The van der Waals surface area contributed by atoms with Crippen LogP contribution in [-0.2, 0) is 20.0 Å². The Morgan fingerprint density at radius 2 is 2.07 bits per heavy atom. The molecule has 0 aromatic rings. The molecular weight excluding hydrogens is 233 g/mol. The standard InChI is InChI=1S/C7H13NO4S.K.H/c1-4-6(9)8-5-7(2,3)12-13(10)11;;/h4,13H,1,5H2,2-3H3,(H,8,9);;. The molecule has 78 valence electrons. The second-order valence-corrected chi connectivity index (χ2v) is 3.63. The molecule has 0 saturated carbocycles. The van der Waals surface area contributed by atoms with Gasteiger partial charge in [-0.25, -0.2) is 8.42 Å². The summed E-state index contributed by atoms with van der Waals surface area (Å²) in [5.41, 5.74) is -0.923. The predicted octanol–water partition coefficient (Wildman–Crippen LogP) is -1.04. The van der Waals surface area contributed by atoms with Crippen LogP contribution < -0.4 is 5.32 Å². The maximum atomic E-state index is 10.7. The van der Waals surface area contributed by atoms with Gasteiger partial charge in [0.05, 0.1) is 5.60 Å². The van der Waals surface area contributed by atoms with Crippen LogP contribution in [-0.4, -0.2) is 77.9 Å². The molecule has 0 spiro atoms. The van der Waals surface area contributed by atoms with Crippen LogP contribution in [0.4, 0.5) is 0 Å². The van der Waals surface area contributed by atoms with E-state index in [9.17, 15) is 13.2 Å². The van der Waals surface area contributed by atoms with Gasteiger partial charge >= 0.3 is 51.4 Å². The molecule has 14 heavy (non-hydrogen) atoms. The summed E-state index contributed by atoms with van der Waals surface area (Å²) in [5.74, 6) is -0.363. The molecule has 0 radical (unpaired) electrons. The molecule has 0 saturated heterocycles. The molecule has 7 heteroatoms. The summed E-state index contributed by atoms with van der Waals surface area (Å²) in [6, 6.07) is 0. The molecule has 0 aromatic carbocycles. The molecule has 0 atom stereocenters. The molecule has 1 N–H and O–H groups in total. The Balaban J connectivity index is 0. The Morgan fingerprint density at radius 3 is 2.43 bits per heavy atom. The molecule has 1 amide bonds. The number of nitrogens with one attached hydrogen (secondary N) is 1. The van der Waals surface area contributed by atoms with Crippen molar-refractivity contribution >= 4 is 68.3 Å². The molecule has 0 heterocycles. The van der Waals surface area contributed by atoms with Gasteiger partial charge in [-0.1, -0.05) is 6.58 Å². The van der Waals surface area contributed by atoms with Crippen molar-refractivity contribution in [2.24, 2.45) is 0 Å². The van der Waals surface area contributed by atoms with Gasteiger partial charge in [-0.2, -0.15) is 0 Å². The zero-order valence-electron chi connectivity index (χ0n) is 7.57. The molecule has 0 rings (SSSR count). The number of rotatable bonds is 5. The van der Waals surface area contributed by atoms with Crippen LogP contribution in [0.5, 0.6) is 0 Å². The van der Waals surface area contributed by atoms with E-state index in [1.54, 1.807) is 13.8 Å². The van der Waals surface area contributed by atoms with Crippen LogP contribution in [0, 0.1) is 0 Å². The molecule has 0 unspecified atom stereocenters. The van der Waals surface area contributed by atoms with Gasteiger partial charge in [-0.3, -0.25) is 8.98 Å². The fourth-order valence-corrected chi connectivity index (χ4v) is 1.07. The Hall–Kier alpha value is 0.756. The van der Waals surface area contributed by atoms with E-state index in [-0.39, 0.29) is 63.8 Å². The first-order valence-corrected chi connectivity index (χ1v) is 4.71. The van der Waals surface area contributed by atoms with E-state index < -0.39 is 16.6 Å². The molecule has 0 aliphatic rings. The van der Waals surface area contributed by atoms with Crippen molar-refractivity contribution in [1.29, 1.82) is 0 Å². The summed E-state index contributed by atoms with van der Waals surface area (Å²) in [5, 5.41) is 2.43. The Kier molecular flexibility index (Phi) is 9.77. The van der Waals surface area contributed by atoms with E-state index in [1.165, 1.54) is 0 Å². The van der Waals surface area contributed by atoms with Gasteiger partial charge in [0, 0.05) is 6.54 Å². The Labute approximate surface area is 128 Å². The average Bonchev–Trinajstić information content (AvgIpc) is 1.98. The van der Waals surface area contributed by atoms with Crippen LogP contribution in [0.15, 0.2) is 12.7 Å². The predicted molar refractivity (Wildman–Crippen MR) is 55.8 cm³/mol. The Morgan fingerprint density at radius 1 is 1.57 bits per heavy atom. The summed E-state index contributed by atoms with van der Waals surface area (Å²) < 4.78 is 25.0.